The Bertz CT molecular complexity index is 731. The third-order valence-electron chi connectivity index (χ3n) is 3.14. The molecule has 23 heavy (non-hydrogen) atoms. The molecule has 2 aromatic rings. The smallest absolute Gasteiger partial charge is 0.141 e. The van der Waals surface area contributed by atoms with Crippen LogP contribution in [0.15, 0.2) is 35.7 Å². The quantitative estimate of drug-likeness (QED) is 0.657. The predicted octanol–water partition coefficient (Wildman–Crippen LogP) is 5.50. The van der Waals surface area contributed by atoms with Crippen LogP contribution in [0, 0.1) is 23.1 Å². The molecule has 4 heteroatoms. The fourth-order valence-electron chi connectivity index (χ4n) is 2.12. The van der Waals surface area contributed by atoms with Gasteiger partial charge < -0.3 is 0 Å². The van der Waals surface area contributed by atoms with Gasteiger partial charge in [0.2, 0.25) is 0 Å². The molecule has 0 N–H and O–H groups in total. The SMILES string of the molecule is CN(C/C=C/C#CC(C)(C)C)Cc1cccc2c(F)csc12.Cl. The van der Waals surface area contributed by atoms with E-state index in [1.165, 1.54) is 16.9 Å². The van der Waals surface area contributed by atoms with Gasteiger partial charge in [-0.3, -0.25) is 4.90 Å². The van der Waals surface area contributed by atoms with Crippen LogP contribution < -0.4 is 0 Å². The molecule has 0 amide bonds. The van der Waals surface area contributed by atoms with Gasteiger partial charge in [0.25, 0.3) is 0 Å². The Hall–Kier alpha value is -1.34. The Balaban J connectivity index is 0.00000264. The summed E-state index contributed by atoms with van der Waals surface area (Å²) in [4.78, 5) is 2.20. The van der Waals surface area contributed by atoms with E-state index in [2.05, 4.69) is 56.7 Å². The van der Waals surface area contributed by atoms with Crippen molar-refractivity contribution in [1.29, 1.82) is 0 Å². The van der Waals surface area contributed by atoms with E-state index in [9.17, 15) is 4.39 Å². The van der Waals surface area contributed by atoms with Crippen LogP contribution in [0.5, 0.6) is 0 Å². The number of allylic oxidation sites excluding steroid dienone is 1. The molecule has 0 atom stereocenters. The largest absolute Gasteiger partial charge is 0.298 e. The third-order valence-corrected chi connectivity index (χ3v) is 4.18. The van der Waals surface area contributed by atoms with Crippen LogP contribution in [0.4, 0.5) is 4.39 Å². The summed E-state index contributed by atoms with van der Waals surface area (Å²) in [5.41, 5.74) is 1.21. The van der Waals surface area contributed by atoms with Crippen LogP contribution in [0.3, 0.4) is 0 Å². The number of fused-ring (bicyclic) bond motifs is 1. The summed E-state index contributed by atoms with van der Waals surface area (Å²) in [5.74, 6) is 6.13. The number of hydrogen-bond acceptors (Lipinski definition) is 2. The second kappa shape index (κ2) is 8.49. The molecule has 0 aliphatic heterocycles. The van der Waals surface area contributed by atoms with Gasteiger partial charge in [0.15, 0.2) is 0 Å². The van der Waals surface area contributed by atoms with E-state index >= 15 is 0 Å². The van der Waals surface area contributed by atoms with Gasteiger partial charge in [-0.05, 0) is 39.5 Å². The molecular formula is C19H23ClFNS. The van der Waals surface area contributed by atoms with Crippen LogP contribution in [0.2, 0.25) is 0 Å². The minimum absolute atomic E-state index is 0. The van der Waals surface area contributed by atoms with E-state index < -0.39 is 0 Å². The first-order chi connectivity index (χ1) is 10.4. The maximum atomic E-state index is 13.6. The molecule has 0 radical (unpaired) electrons. The number of nitrogens with zero attached hydrogens (tertiary/aromatic N) is 1. The Morgan fingerprint density at radius 3 is 2.74 bits per heavy atom. The molecule has 1 heterocycles. The number of rotatable bonds is 4. The summed E-state index contributed by atoms with van der Waals surface area (Å²) in [5, 5.41) is 2.30. The maximum absolute atomic E-state index is 13.6. The highest BCUT2D eigenvalue weighted by molar-refractivity contribution is 7.17. The van der Waals surface area contributed by atoms with Crippen molar-refractivity contribution in [2.45, 2.75) is 27.3 Å². The zero-order chi connectivity index (χ0) is 16.2. The normalized spacial score (nSPS) is 11.6. The first-order valence-electron chi connectivity index (χ1n) is 7.37. The monoisotopic (exact) mass is 351 g/mol. The highest BCUT2D eigenvalue weighted by atomic mass is 35.5. The zero-order valence-electron chi connectivity index (χ0n) is 14.0. The molecule has 0 spiro atoms. The number of likely N-dealkylation sites (N-methyl/N-ethyl adjacent to an activating group) is 1. The van der Waals surface area contributed by atoms with Crippen LogP contribution in [-0.2, 0) is 6.54 Å². The van der Waals surface area contributed by atoms with Gasteiger partial charge in [-0.15, -0.1) is 23.7 Å². The van der Waals surface area contributed by atoms with Crippen molar-refractivity contribution in [1.82, 2.24) is 4.90 Å². The maximum Gasteiger partial charge on any atom is 0.141 e. The minimum Gasteiger partial charge on any atom is -0.298 e. The molecule has 1 aromatic carbocycles. The molecule has 0 bridgehead atoms. The molecule has 1 aromatic heterocycles. The Morgan fingerprint density at radius 1 is 1.30 bits per heavy atom. The molecule has 0 aliphatic carbocycles. The van der Waals surface area contributed by atoms with E-state index in [0.717, 1.165) is 23.2 Å². The first kappa shape index (κ1) is 19.7. The third kappa shape index (κ3) is 5.99. The molecule has 0 saturated carbocycles. The Kier molecular flexibility index (Phi) is 7.28. The van der Waals surface area contributed by atoms with Crippen molar-refractivity contribution in [2.24, 2.45) is 5.41 Å². The average molecular weight is 352 g/mol. The van der Waals surface area contributed by atoms with Crippen LogP contribution in [-0.4, -0.2) is 18.5 Å². The summed E-state index contributed by atoms with van der Waals surface area (Å²) in [6.07, 6.45) is 3.97. The van der Waals surface area contributed by atoms with Crippen molar-refractivity contribution in [3.05, 3.63) is 47.1 Å². The number of thiophene rings is 1. The molecule has 1 nitrogen and oxygen atoms in total. The number of halogens is 2. The Labute approximate surface area is 148 Å². The van der Waals surface area contributed by atoms with E-state index in [-0.39, 0.29) is 23.6 Å². The highest BCUT2D eigenvalue weighted by Gasteiger charge is 2.08. The van der Waals surface area contributed by atoms with Gasteiger partial charge in [-0.1, -0.05) is 36.1 Å². The second-order valence-corrected chi connectivity index (χ2v) is 7.38. The van der Waals surface area contributed by atoms with E-state index in [1.54, 1.807) is 5.38 Å². The minimum atomic E-state index is -0.123. The zero-order valence-corrected chi connectivity index (χ0v) is 15.7. The topological polar surface area (TPSA) is 3.24 Å². The lowest BCUT2D eigenvalue weighted by molar-refractivity contribution is 0.365. The summed E-state index contributed by atoms with van der Waals surface area (Å²) in [7, 11) is 2.06. The summed E-state index contributed by atoms with van der Waals surface area (Å²) in [6.45, 7) is 7.92. The second-order valence-electron chi connectivity index (χ2n) is 6.50. The lowest BCUT2D eigenvalue weighted by Crippen LogP contribution is -2.17. The summed E-state index contributed by atoms with van der Waals surface area (Å²) in [6, 6.07) is 5.83. The molecule has 0 unspecified atom stereocenters. The molecule has 2 rings (SSSR count). The molecular weight excluding hydrogens is 329 g/mol. The average Bonchev–Trinajstić information content (AvgIpc) is 2.80. The number of benzene rings is 1. The molecule has 0 saturated heterocycles. The van der Waals surface area contributed by atoms with Gasteiger partial charge in [0, 0.05) is 34.0 Å². The van der Waals surface area contributed by atoms with Crippen LogP contribution in [0.25, 0.3) is 10.1 Å². The van der Waals surface area contributed by atoms with Gasteiger partial charge >= 0.3 is 0 Å². The van der Waals surface area contributed by atoms with Gasteiger partial charge in [0.05, 0.1) is 0 Å². The first-order valence-corrected chi connectivity index (χ1v) is 8.25. The van der Waals surface area contributed by atoms with Gasteiger partial charge in [-0.2, -0.15) is 0 Å². The van der Waals surface area contributed by atoms with Crippen molar-refractivity contribution in [3.8, 4) is 11.8 Å². The van der Waals surface area contributed by atoms with Gasteiger partial charge in [-0.25, -0.2) is 4.39 Å². The standard InChI is InChI=1S/C19H22FNS.ClH/c1-19(2,3)11-6-5-7-12-21(4)13-15-9-8-10-16-17(20)14-22-18(15)16;/h5,7-10,14H,12-13H2,1-4H3;1H/b7-5+;. The molecule has 0 fully saturated rings. The summed E-state index contributed by atoms with van der Waals surface area (Å²) >= 11 is 1.48. The van der Waals surface area contributed by atoms with E-state index in [0.29, 0.717) is 0 Å². The lowest BCUT2D eigenvalue weighted by atomic mass is 9.98. The van der Waals surface area contributed by atoms with Crippen molar-refractivity contribution in [2.75, 3.05) is 13.6 Å². The molecule has 0 aliphatic rings. The molecule has 124 valence electrons. The van der Waals surface area contributed by atoms with Crippen molar-refractivity contribution in [3.63, 3.8) is 0 Å². The highest BCUT2D eigenvalue weighted by Crippen LogP contribution is 2.28. The van der Waals surface area contributed by atoms with E-state index in [1.807, 2.05) is 18.2 Å². The lowest BCUT2D eigenvalue weighted by Gasteiger charge is -2.14. The van der Waals surface area contributed by atoms with Crippen molar-refractivity contribution >= 4 is 33.8 Å². The van der Waals surface area contributed by atoms with Crippen LogP contribution in [0.1, 0.15) is 26.3 Å². The number of hydrogen-bond donors (Lipinski definition) is 0. The fraction of sp³-hybridized carbons (Fsp3) is 0.368. The van der Waals surface area contributed by atoms with E-state index in [4.69, 9.17) is 0 Å². The summed E-state index contributed by atoms with van der Waals surface area (Å²) < 4.78 is 14.7. The Morgan fingerprint density at radius 2 is 2.04 bits per heavy atom. The van der Waals surface area contributed by atoms with Crippen LogP contribution >= 0.6 is 23.7 Å². The van der Waals surface area contributed by atoms with Gasteiger partial charge in [0.1, 0.15) is 5.82 Å². The predicted molar refractivity (Wildman–Crippen MR) is 102 cm³/mol. The van der Waals surface area contributed by atoms with Crippen molar-refractivity contribution < 1.29 is 4.39 Å². The fourth-order valence-corrected chi connectivity index (χ4v) is 3.04.